The second kappa shape index (κ2) is 6.88. The molecule has 0 bridgehead atoms. The van der Waals surface area contributed by atoms with Gasteiger partial charge in [0, 0.05) is 44.8 Å². The normalized spacial score (nSPS) is 26.7. The van der Waals surface area contributed by atoms with Crippen molar-refractivity contribution in [2.24, 2.45) is 11.7 Å². The summed E-state index contributed by atoms with van der Waals surface area (Å²) in [6, 6.07) is 1.35. The van der Waals surface area contributed by atoms with Crippen molar-refractivity contribution in [1.29, 1.82) is 0 Å². The molecule has 0 aromatic carbocycles. The van der Waals surface area contributed by atoms with E-state index in [2.05, 4.69) is 23.6 Å². The summed E-state index contributed by atoms with van der Waals surface area (Å²) >= 11 is 0. The van der Waals surface area contributed by atoms with Crippen LogP contribution in [0, 0.1) is 5.92 Å². The minimum Gasteiger partial charge on any atom is -0.329 e. The van der Waals surface area contributed by atoms with Gasteiger partial charge in [0.05, 0.1) is 0 Å². The first-order valence-corrected chi connectivity index (χ1v) is 7.90. The monoisotopic (exact) mass is 253 g/mol. The van der Waals surface area contributed by atoms with Crippen molar-refractivity contribution < 1.29 is 0 Å². The number of hydrogen-bond donors (Lipinski definition) is 1. The number of hydrogen-bond acceptors (Lipinski definition) is 3. The summed E-state index contributed by atoms with van der Waals surface area (Å²) in [6.45, 7) is 10.3. The minimum atomic E-state index is 0.652. The molecule has 106 valence electrons. The number of piperazine rings is 1. The van der Waals surface area contributed by atoms with Crippen LogP contribution >= 0.6 is 0 Å². The Morgan fingerprint density at radius 1 is 0.944 bits per heavy atom. The molecule has 1 atom stereocenters. The van der Waals surface area contributed by atoms with Gasteiger partial charge in [-0.2, -0.15) is 0 Å². The molecule has 0 radical (unpaired) electrons. The maximum absolute atomic E-state index is 6.07. The molecule has 1 heterocycles. The van der Waals surface area contributed by atoms with Crippen molar-refractivity contribution in [3.63, 3.8) is 0 Å². The van der Waals surface area contributed by atoms with Crippen LogP contribution in [0.1, 0.15) is 46.0 Å². The smallest absolute Gasteiger partial charge is 0.0247 e. The maximum Gasteiger partial charge on any atom is 0.0247 e. The third-order valence-corrected chi connectivity index (χ3v) is 4.98. The Kier molecular flexibility index (Phi) is 5.46. The highest BCUT2D eigenvalue weighted by Crippen LogP contribution is 2.29. The molecule has 0 aromatic rings. The van der Waals surface area contributed by atoms with Crippen molar-refractivity contribution in [2.75, 3.05) is 32.7 Å². The highest BCUT2D eigenvalue weighted by molar-refractivity contribution is 4.86. The Morgan fingerprint density at radius 2 is 1.50 bits per heavy atom. The van der Waals surface area contributed by atoms with Crippen LogP contribution in [0.4, 0.5) is 0 Å². The standard InChI is InChI=1S/C15H31N3/c1-13(2)17-8-10-18(11-9-17)15(12-16)14-6-4-3-5-7-14/h13-15H,3-12,16H2,1-2H3. The van der Waals surface area contributed by atoms with Crippen LogP contribution in [0.25, 0.3) is 0 Å². The third-order valence-electron chi connectivity index (χ3n) is 4.98. The largest absolute Gasteiger partial charge is 0.329 e. The molecule has 2 fully saturated rings. The van der Waals surface area contributed by atoms with E-state index in [0.717, 1.165) is 12.5 Å². The Labute approximate surface area is 113 Å². The van der Waals surface area contributed by atoms with Crippen LogP contribution in [0.15, 0.2) is 0 Å². The molecule has 2 aliphatic rings. The summed E-state index contributed by atoms with van der Waals surface area (Å²) in [5.41, 5.74) is 6.07. The second-order valence-corrected chi connectivity index (χ2v) is 6.37. The van der Waals surface area contributed by atoms with Gasteiger partial charge in [-0.3, -0.25) is 9.80 Å². The molecule has 1 aliphatic carbocycles. The SMILES string of the molecule is CC(C)N1CCN(C(CN)C2CCCCC2)CC1. The second-order valence-electron chi connectivity index (χ2n) is 6.37. The van der Waals surface area contributed by atoms with E-state index < -0.39 is 0 Å². The van der Waals surface area contributed by atoms with E-state index in [4.69, 9.17) is 5.73 Å². The summed E-state index contributed by atoms with van der Waals surface area (Å²) in [4.78, 5) is 5.26. The molecule has 18 heavy (non-hydrogen) atoms. The molecule has 0 aromatic heterocycles. The lowest BCUT2D eigenvalue weighted by Crippen LogP contribution is -2.56. The van der Waals surface area contributed by atoms with Crippen LogP contribution in [0.2, 0.25) is 0 Å². The molecule has 1 saturated carbocycles. The van der Waals surface area contributed by atoms with Gasteiger partial charge in [-0.05, 0) is 32.6 Å². The fourth-order valence-corrected chi connectivity index (χ4v) is 3.74. The fraction of sp³-hybridized carbons (Fsp3) is 1.00. The Balaban J connectivity index is 1.85. The summed E-state index contributed by atoms with van der Waals surface area (Å²) in [5, 5.41) is 0. The van der Waals surface area contributed by atoms with E-state index in [1.807, 2.05) is 0 Å². The Hall–Kier alpha value is -0.120. The lowest BCUT2D eigenvalue weighted by Gasteiger charge is -2.44. The summed E-state index contributed by atoms with van der Waals surface area (Å²) < 4.78 is 0. The van der Waals surface area contributed by atoms with Gasteiger partial charge in [0.1, 0.15) is 0 Å². The topological polar surface area (TPSA) is 32.5 Å². The van der Waals surface area contributed by atoms with E-state index in [0.29, 0.717) is 12.1 Å². The summed E-state index contributed by atoms with van der Waals surface area (Å²) in [5.74, 6) is 0.870. The fourth-order valence-electron chi connectivity index (χ4n) is 3.74. The zero-order chi connectivity index (χ0) is 13.0. The third kappa shape index (κ3) is 3.46. The quantitative estimate of drug-likeness (QED) is 0.831. The lowest BCUT2D eigenvalue weighted by molar-refractivity contribution is 0.0502. The first-order valence-electron chi connectivity index (χ1n) is 7.90. The zero-order valence-electron chi connectivity index (χ0n) is 12.3. The first kappa shape index (κ1) is 14.3. The Bertz CT molecular complexity index is 228. The number of rotatable bonds is 4. The van der Waals surface area contributed by atoms with Crippen LogP contribution < -0.4 is 5.73 Å². The highest BCUT2D eigenvalue weighted by Gasteiger charge is 2.30. The van der Waals surface area contributed by atoms with Crippen molar-refractivity contribution in [3.05, 3.63) is 0 Å². The predicted molar refractivity (Wildman–Crippen MR) is 77.7 cm³/mol. The first-order chi connectivity index (χ1) is 8.72. The molecule has 0 amide bonds. The lowest BCUT2D eigenvalue weighted by atomic mass is 9.83. The number of nitrogens with two attached hydrogens (primary N) is 1. The predicted octanol–water partition coefficient (Wildman–Crippen LogP) is 1.92. The van der Waals surface area contributed by atoms with Crippen molar-refractivity contribution >= 4 is 0 Å². The van der Waals surface area contributed by atoms with Gasteiger partial charge in [-0.1, -0.05) is 19.3 Å². The molecule has 1 unspecified atom stereocenters. The molecule has 2 rings (SSSR count). The molecule has 1 aliphatic heterocycles. The van der Waals surface area contributed by atoms with Crippen LogP contribution in [0.3, 0.4) is 0 Å². The van der Waals surface area contributed by atoms with Crippen molar-refractivity contribution in [2.45, 2.75) is 58.0 Å². The molecule has 1 saturated heterocycles. The van der Waals surface area contributed by atoms with E-state index in [9.17, 15) is 0 Å². The summed E-state index contributed by atoms with van der Waals surface area (Å²) in [7, 11) is 0. The number of nitrogens with zero attached hydrogens (tertiary/aromatic N) is 2. The minimum absolute atomic E-state index is 0.652. The van der Waals surface area contributed by atoms with E-state index in [1.165, 1.54) is 58.3 Å². The van der Waals surface area contributed by atoms with E-state index in [-0.39, 0.29) is 0 Å². The Morgan fingerprint density at radius 3 is 2.00 bits per heavy atom. The van der Waals surface area contributed by atoms with Gasteiger partial charge in [0.2, 0.25) is 0 Å². The molecular weight excluding hydrogens is 222 g/mol. The summed E-state index contributed by atoms with van der Waals surface area (Å²) in [6.07, 6.45) is 7.10. The van der Waals surface area contributed by atoms with Gasteiger partial charge in [0.25, 0.3) is 0 Å². The zero-order valence-corrected chi connectivity index (χ0v) is 12.3. The molecular formula is C15H31N3. The molecule has 0 spiro atoms. The van der Waals surface area contributed by atoms with Crippen LogP contribution in [0.5, 0.6) is 0 Å². The van der Waals surface area contributed by atoms with E-state index >= 15 is 0 Å². The van der Waals surface area contributed by atoms with Gasteiger partial charge in [-0.15, -0.1) is 0 Å². The average Bonchev–Trinajstić information content (AvgIpc) is 2.41. The van der Waals surface area contributed by atoms with Crippen LogP contribution in [-0.4, -0.2) is 54.6 Å². The van der Waals surface area contributed by atoms with Gasteiger partial charge in [0.15, 0.2) is 0 Å². The van der Waals surface area contributed by atoms with Crippen molar-refractivity contribution in [3.8, 4) is 0 Å². The molecule has 2 N–H and O–H groups in total. The van der Waals surface area contributed by atoms with Gasteiger partial charge < -0.3 is 5.73 Å². The maximum atomic E-state index is 6.07. The van der Waals surface area contributed by atoms with E-state index in [1.54, 1.807) is 0 Å². The van der Waals surface area contributed by atoms with Crippen molar-refractivity contribution in [1.82, 2.24) is 9.80 Å². The molecule has 3 heteroatoms. The highest BCUT2D eigenvalue weighted by atomic mass is 15.3. The van der Waals surface area contributed by atoms with Gasteiger partial charge >= 0.3 is 0 Å². The average molecular weight is 253 g/mol. The molecule has 3 nitrogen and oxygen atoms in total. The van der Waals surface area contributed by atoms with Crippen LogP contribution in [-0.2, 0) is 0 Å². The van der Waals surface area contributed by atoms with Gasteiger partial charge in [-0.25, -0.2) is 0 Å².